The van der Waals surface area contributed by atoms with Crippen molar-refractivity contribution in [2.45, 2.75) is 13.0 Å². The molecule has 18 heavy (non-hydrogen) atoms. The third-order valence-corrected chi connectivity index (χ3v) is 3.25. The van der Waals surface area contributed by atoms with Gasteiger partial charge in [-0.3, -0.25) is 9.59 Å². The maximum Gasteiger partial charge on any atom is 0.259 e. The van der Waals surface area contributed by atoms with E-state index >= 15 is 0 Å². The number of hydrogen-bond donors (Lipinski definition) is 1. The molecule has 6 heteroatoms. The first-order valence-corrected chi connectivity index (χ1v) is 5.93. The van der Waals surface area contributed by atoms with Gasteiger partial charge in [0.25, 0.3) is 5.91 Å². The van der Waals surface area contributed by atoms with Crippen LogP contribution in [-0.2, 0) is 4.79 Å². The number of hydrogen-bond acceptors (Lipinski definition) is 2. The minimum atomic E-state index is -0.675. The van der Waals surface area contributed by atoms with E-state index in [4.69, 9.17) is 11.6 Å². The van der Waals surface area contributed by atoms with Gasteiger partial charge in [-0.1, -0.05) is 17.7 Å². The second-order valence-electron chi connectivity index (χ2n) is 4.06. The van der Waals surface area contributed by atoms with Crippen LogP contribution in [0.5, 0.6) is 0 Å². The van der Waals surface area contributed by atoms with Crippen molar-refractivity contribution in [1.29, 1.82) is 0 Å². The average Bonchev–Trinajstić information content (AvgIpc) is 2.32. The molecule has 0 aliphatic carbocycles. The normalized spacial score (nSPS) is 19.6. The molecule has 0 radical (unpaired) electrons. The van der Waals surface area contributed by atoms with E-state index in [1.165, 1.54) is 23.1 Å². The number of halogens is 2. The van der Waals surface area contributed by atoms with Gasteiger partial charge in [-0.25, -0.2) is 4.39 Å². The molecule has 1 aliphatic heterocycles. The van der Waals surface area contributed by atoms with E-state index in [1.807, 2.05) is 0 Å². The fraction of sp³-hybridized carbons (Fsp3) is 0.333. The van der Waals surface area contributed by atoms with Crippen LogP contribution in [0.25, 0.3) is 0 Å². The second kappa shape index (κ2) is 4.94. The molecule has 1 aromatic rings. The maximum atomic E-state index is 13.6. The number of carbonyl (C=O) groups is 2. The highest BCUT2D eigenvalue weighted by Crippen LogP contribution is 2.22. The molecule has 1 atom stereocenters. The van der Waals surface area contributed by atoms with Crippen LogP contribution in [0.15, 0.2) is 18.2 Å². The van der Waals surface area contributed by atoms with Crippen LogP contribution in [0.1, 0.15) is 17.3 Å². The minimum absolute atomic E-state index is 0.0539. The fourth-order valence-corrected chi connectivity index (χ4v) is 2.15. The summed E-state index contributed by atoms with van der Waals surface area (Å²) in [6, 6.07) is 3.43. The fourth-order valence-electron chi connectivity index (χ4n) is 1.91. The quantitative estimate of drug-likeness (QED) is 0.839. The number of rotatable bonds is 1. The van der Waals surface area contributed by atoms with E-state index in [0.717, 1.165) is 0 Å². The Hall–Kier alpha value is -1.62. The second-order valence-corrected chi connectivity index (χ2v) is 4.47. The van der Waals surface area contributed by atoms with Crippen LogP contribution in [0.3, 0.4) is 0 Å². The van der Waals surface area contributed by atoms with Crippen LogP contribution in [0.2, 0.25) is 5.02 Å². The molecule has 1 fully saturated rings. The zero-order valence-corrected chi connectivity index (χ0v) is 10.5. The van der Waals surface area contributed by atoms with Crippen LogP contribution in [0, 0.1) is 5.82 Å². The summed E-state index contributed by atoms with van der Waals surface area (Å²) in [7, 11) is 0. The molecule has 1 aromatic carbocycles. The van der Waals surface area contributed by atoms with Crippen LogP contribution < -0.4 is 5.32 Å². The lowest BCUT2D eigenvalue weighted by molar-refractivity contribution is -0.127. The summed E-state index contributed by atoms with van der Waals surface area (Å²) in [4.78, 5) is 25.0. The van der Waals surface area contributed by atoms with Crippen molar-refractivity contribution < 1.29 is 14.0 Å². The van der Waals surface area contributed by atoms with Gasteiger partial charge in [0.1, 0.15) is 11.9 Å². The largest absolute Gasteiger partial charge is 0.353 e. The molecular weight excluding hydrogens is 259 g/mol. The highest BCUT2D eigenvalue weighted by atomic mass is 35.5. The smallest absolute Gasteiger partial charge is 0.259 e. The molecule has 1 saturated heterocycles. The van der Waals surface area contributed by atoms with Gasteiger partial charge in [-0.05, 0) is 19.1 Å². The molecule has 2 amide bonds. The number of carbonyl (C=O) groups excluding carboxylic acids is 2. The summed E-state index contributed by atoms with van der Waals surface area (Å²) in [5.74, 6) is -1.48. The van der Waals surface area contributed by atoms with Gasteiger partial charge in [-0.2, -0.15) is 0 Å². The Morgan fingerprint density at radius 2 is 2.28 bits per heavy atom. The summed E-state index contributed by atoms with van der Waals surface area (Å²) < 4.78 is 13.6. The lowest BCUT2D eigenvalue weighted by Gasteiger charge is -2.33. The molecule has 1 N–H and O–H groups in total. The van der Waals surface area contributed by atoms with Gasteiger partial charge in [0.2, 0.25) is 5.91 Å². The standard InChI is InChI=1S/C12H12ClFN2O2/c1-7-11(17)15-5-6-16(7)12(18)10-8(13)3-2-4-9(10)14/h2-4,7H,5-6H2,1H3,(H,15,17). The first kappa shape index (κ1) is 12.8. The van der Waals surface area contributed by atoms with E-state index in [-0.39, 0.29) is 16.5 Å². The Morgan fingerprint density at radius 1 is 1.56 bits per heavy atom. The summed E-state index contributed by atoms with van der Waals surface area (Å²) in [5.41, 5.74) is -0.180. The van der Waals surface area contributed by atoms with Crippen molar-refractivity contribution in [1.82, 2.24) is 10.2 Å². The predicted octanol–water partition coefficient (Wildman–Crippen LogP) is 1.44. The van der Waals surface area contributed by atoms with Gasteiger partial charge in [0, 0.05) is 13.1 Å². The number of nitrogens with one attached hydrogen (secondary N) is 1. The van der Waals surface area contributed by atoms with Gasteiger partial charge in [-0.15, -0.1) is 0 Å². The molecule has 2 rings (SSSR count). The highest BCUT2D eigenvalue weighted by Gasteiger charge is 2.32. The van der Waals surface area contributed by atoms with E-state index < -0.39 is 17.8 Å². The lowest BCUT2D eigenvalue weighted by atomic mass is 10.1. The van der Waals surface area contributed by atoms with Crippen LogP contribution in [-0.4, -0.2) is 35.8 Å². The molecule has 0 spiro atoms. The molecule has 1 heterocycles. The summed E-state index contributed by atoms with van der Waals surface area (Å²) >= 11 is 5.84. The number of amides is 2. The number of benzene rings is 1. The van der Waals surface area contributed by atoms with Gasteiger partial charge >= 0.3 is 0 Å². The van der Waals surface area contributed by atoms with E-state index in [0.29, 0.717) is 13.1 Å². The molecule has 96 valence electrons. The van der Waals surface area contributed by atoms with Crippen molar-refractivity contribution in [2.75, 3.05) is 13.1 Å². The zero-order valence-electron chi connectivity index (χ0n) is 9.74. The Kier molecular flexibility index (Phi) is 3.52. The minimum Gasteiger partial charge on any atom is -0.353 e. The molecule has 1 unspecified atom stereocenters. The van der Waals surface area contributed by atoms with Crippen molar-refractivity contribution in [2.24, 2.45) is 0 Å². The topological polar surface area (TPSA) is 49.4 Å². The molecule has 0 saturated carbocycles. The molecule has 1 aliphatic rings. The van der Waals surface area contributed by atoms with Gasteiger partial charge in [0.05, 0.1) is 10.6 Å². The van der Waals surface area contributed by atoms with Gasteiger partial charge < -0.3 is 10.2 Å². The molecule has 0 bridgehead atoms. The zero-order chi connectivity index (χ0) is 13.3. The van der Waals surface area contributed by atoms with Crippen molar-refractivity contribution in [3.63, 3.8) is 0 Å². The third-order valence-electron chi connectivity index (χ3n) is 2.94. The first-order valence-electron chi connectivity index (χ1n) is 5.55. The SMILES string of the molecule is CC1C(=O)NCCN1C(=O)c1c(F)cccc1Cl. The first-order chi connectivity index (χ1) is 8.52. The molecule has 0 aromatic heterocycles. The maximum absolute atomic E-state index is 13.6. The Balaban J connectivity index is 2.34. The molecular formula is C12H12ClFN2O2. The number of piperazine rings is 1. The summed E-state index contributed by atoms with van der Waals surface area (Å²) in [5, 5.41) is 2.69. The molecule has 4 nitrogen and oxygen atoms in total. The van der Waals surface area contributed by atoms with Crippen LogP contribution in [0.4, 0.5) is 4.39 Å². The van der Waals surface area contributed by atoms with E-state index in [9.17, 15) is 14.0 Å². The van der Waals surface area contributed by atoms with Crippen molar-refractivity contribution >= 4 is 23.4 Å². The number of nitrogens with zero attached hydrogens (tertiary/aromatic N) is 1. The third kappa shape index (κ3) is 2.18. The Bertz CT molecular complexity index is 487. The monoisotopic (exact) mass is 270 g/mol. The predicted molar refractivity (Wildman–Crippen MR) is 64.9 cm³/mol. The van der Waals surface area contributed by atoms with Crippen molar-refractivity contribution in [3.8, 4) is 0 Å². The average molecular weight is 271 g/mol. The Labute approximate surface area is 109 Å². The Morgan fingerprint density at radius 3 is 2.94 bits per heavy atom. The van der Waals surface area contributed by atoms with Crippen molar-refractivity contribution in [3.05, 3.63) is 34.6 Å². The summed E-state index contributed by atoms with van der Waals surface area (Å²) in [6.07, 6.45) is 0. The van der Waals surface area contributed by atoms with Crippen LogP contribution >= 0.6 is 11.6 Å². The highest BCUT2D eigenvalue weighted by molar-refractivity contribution is 6.33. The van der Waals surface area contributed by atoms with E-state index in [1.54, 1.807) is 6.92 Å². The van der Waals surface area contributed by atoms with Gasteiger partial charge in [0.15, 0.2) is 0 Å². The lowest BCUT2D eigenvalue weighted by Crippen LogP contribution is -2.56. The summed E-state index contributed by atoms with van der Waals surface area (Å²) in [6.45, 7) is 2.30. The van der Waals surface area contributed by atoms with E-state index in [2.05, 4.69) is 5.32 Å².